The second-order valence-electron chi connectivity index (χ2n) is 7.22. The van der Waals surface area contributed by atoms with Gasteiger partial charge in [-0.1, -0.05) is 0 Å². The Labute approximate surface area is 163 Å². The molecule has 5 nitrogen and oxygen atoms in total. The molecule has 1 heterocycles. The zero-order chi connectivity index (χ0) is 20.4. The number of ether oxygens (including phenoxy) is 2. The zero-order valence-electron chi connectivity index (χ0n) is 15.3. The maximum Gasteiger partial charge on any atom is 0.410 e. The molecule has 1 unspecified atom stereocenters. The highest BCUT2D eigenvalue weighted by atomic mass is 79.9. The molecule has 0 spiro atoms. The number of halogens is 4. The zero-order valence-corrected chi connectivity index (χ0v) is 16.9. The van der Waals surface area contributed by atoms with E-state index < -0.39 is 51.1 Å². The number of carbonyl (C=O) groups excluding carboxylic acids is 2. The first-order chi connectivity index (χ1) is 12.5. The van der Waals surface area contributed by atoms with Crippen LogP contribution in [0.15, 0.2) is 10.5 Å². The lowest BCUT2D eigenvalue weighted by Crippen LogP contribution is -2.47. The van der Waals surface area contributed by atoms with E-state index in [2.05, 4.69) is 15.9 Å². The van der Waals surface area contributed by atoms with Crippen LogP contribution in [0.1, 0.15) is 44.0 Å². The van der Waals surface area contributed by atoms with Crippen LogP contribution in [0.2, 0.25) is 0 Å². The summed E-state index contributed by atoms with van der Waals surface area (Å²) >= 11 is 2.69. The number of carbonyl (C=O) groups is 2. The van der Waals surface area contributed by atoms with Crippen molar-refractivity contribution >= 4 is 27.8 Å². The second kappa shape index (κ2) is 8.60. The Bertz CT molecular complexity index is 736. The van der Waals surface area contributed by atoms with Crippen molar-refractivity contribution in [1.82, 2.24) is 4.90 Å². The van der Waals surface area contributed by atoms with E-state index in [0.29, 0.717) is 12.6 Å². The largest absolute Gasteiger partial charge is 0.444 e. The van der Waals surface area contributed by atoms with Gasteiger partial charge < -0.3 is 14.4 Å². The predicted molar refractivity (Wildman–Crippen MR) is 95.1 cm³/mol. The third-order valence-corrected chi connectivity index (χ3v) is 4.45. The number of morpholine rings is 1. The Kier molecular flexibility index (Phi) is 6.91. The fourth-order valence-electron chi connectivity index (χ4n) is 2.63. The normalized spacial score (nSPS) is 17.7. The van der Waals surface area contributed by atoms with Gasteiger partial charge in [0.15, 0.2) is 17.4 Å². The topological polar surface area (TPSA) is 55.8 Å². The molecule has 1 amide bonds. The van der Waals surface area contributed by atoms with E-state index in [9.17, 15) is 22.8 Å². The molecule has 1 fully saturated rings. The lowest BCUT2D eigenvalue weighted by molar-refractivity contribution is -0.0443. The Morgan fingerprint density at radius 1 is 1.30 bits per heavy atom. The number of ketones is 1. The minimum absolute atomic E-state index is 0.134. The van der Waals surface area contributed by atoms with Gasteiger partial charge in [-0.25, -0.2) is 18.0 Å². The summed E-state index contributed by atoms with van der Waals surface area (Å²) in [6, 6.07) is 0.715. The third kappa shape index (κ3) is 5.68. The maximum absolute atomic E-state index is 13.9. The second-order valence-corrected chi connectivity index (χ2v) is 8.08. The highest BCUT2D eigenvalue weighted by Gasteiger charge is 2.29. The molecule has 0 aromatic heterocycles. The van der Waals surface area contributed by atoms with Crippen molar-refractivity contribution in [2.24, 2.45) is 0 Å². The minimum Gasteiger partial charge on any atom is -0.444 e. The van der Waals surface area contributed by atoms with Crippen molar-refractivity contribution in [3.05, 3.63) is 33.6 Å². The molecular weight excluding hydrogens is 431 g/mol. The van der Waals surface area contributed by atoms with E-state index in [4.69, 9.17) is 9.47 Å². The molecule has 150 valence electrons. The molecule has 1 aromatic rings. The molecule has 1 atom stereocenters. The van der Waals surface area contributed by atoms with Crippen LogP contribution < -0.4 is 0 Å². The molecule has 0 N–H and O–H groups in total. The predicted octanol–water partition coefficient (Wildman–Crippen LogP) is 4.47. The van der Waals surface area contributed by atoms with E-state index >= 15 is 0 Å². The van der Waals surface area contributed by atoms with Crippen LogP contribution >= 0.6 is 15.9 Å². The van der Waals surface area contributed by atoms with Crippen molar-refractivity contribution in [3.8, 4) is 0 Å². The highest BCUT2D eigenvalue weighted by Crippen LogP contribution is 2.26. The summed E-state index contributed by atoms with van der Waals surface area (Å²) in [4.78, 5) is 25.7. The maximum atomic E-state index is 13.9. The minimum atomic E-state index is -1.52. The van der Waals surface area contributed by atoms with Crippen LogP contribution in [0.3, 0.4) is 0 Å². The van der Waals surface area contributed by atoms with Gasteiger partial charge in [-0.05, 0) is 49.2 Å². The van der Waals surface area contributed by atoms with Gasteiger partial charge in [0, 0.05) is 13.0 Å². The van der Waals surface area contributed by atoms with Crippen molar-refractivity contribution in [2.75, 3.05) is 19.7 Å². The van der Waals surface area contributed by atoms with Gasteiger partial charge in [0.05, 0.1) is 29.3 Å². The standard InChI is InChI=1S/C18H21BrF3NO4/c1-18(2,3)27-17(25)23-6-7-26-10(9-23)4-5-13(24)14-12(20)8-11(19)15(21)16(14)22/h8,10H,4-7,9H2,1-3H3. The molecule has 2 rings (SSSR count). The van der Waals surface area contributed by atoms with Gasteiger partial charge in [0.1, 0.15) is 11.4 Å². The fraction of sp³-hybridized carbons (Fsp3) is 0.556. The Balaban J connectivity index is 1.98. The summed E-state index contributed by atoms with van der Waals surface area (Å²) in [5.74, 6) is -4.84. The molecule has 1 aliphatic heterocycles. The van der Waals surface area contributed by atoms with Crippen molar-refractivity contribution in [1.29, 1.82) is 0 Å². The molecular formula is C18H21BrF3NO4. The van der Waals surface area contributed by atoms with Crippen molar-refractivity contribution in [2.45, 2.75) is 45.3 Å². The summed E-state index contributed by atoms with van der Waals surface area (Å²) in [5.41, 5.74) is -1.54. The molecule has 0 bridgehead atoms. The first-order valence-corrected chi connectivity index (χ1v) is 9.24. The summed E-state index contributed by atoms with van der Waals surface area (Å²) < 4.78 is 51.8. The monoisotopic (exact) mass is 451 g/mol. The van der Waals surface area contributed by atoms with Crippen LogP contribution in [-0.2, 0) is 9.47 Å². The van der Waals surface area contributed by atoms with Gasteiger partial charge >= 0.3 is 6.09 Å². The van der Waals surface area contributed by atoms with Crippen LogP contribution in [0, 0.1) is 17.5 Å². The summed E-state index contributed by atoms with van der Waals surface area (Å²) in [7, 11) is 0. The fourth-order valence-corrected chi connectivity index (χ4v) is 3.00. The molecule has 1 aliphatic rings. The van der Waals surface area contributed by atoms with E-state index in [0.717, 1.165) is 0 Å². The Hall–Kier alpha value is -1.61. The van der Waals surface area contributed by atoms with Crippen LogP contribution in [-0.4, -0.2) is 48.2 Å². The number of hydrogen-bond donors (Lipinski definition) is 0. The molecule has 0 saturated carbocycles. The van der Waals surface area contributed by atoms with Gasteiger partial charge in [0.2, 0.25) is 0 Å². The number of Topliss-reactive ketones (excluding diaryl/α,β-unsaturated/α-hetero) is 1. The van der Waals surface area contributed by atoms with E-state index in [1.165, 1.54) is 4.90 Å². The van der Waals surface area contributed by atoms with Crippen LogP contribution in [0.25, 0.3) is 0 Å². The summed E-state index contributed by atoms with van der Waals surface area (Å²) in [6.07, 6.45) is -1.09. The number of amides is 1. The smallest absolute Gasteiger partial charge is 0.410 e. The van der Waals surface area contributed by atoms with E-state index in [1.54, 1.807) is 20.8 Å². The van der Waals surface area contributed by atoms with Crippen molar-refractivity contribution in [3.63, 3.8) is 0 Å². The summed E-state index contributed by atoms with van der Waals surface area (Å²) in [5, 5.41) is 0. The first kappa shape index (κ1) is 21.7. The molecule has 0 radical (unpaired) electrons. The van der Waals surface area contributed by atoms with Gasteiger partial charge in [0.25, 0.3) is 0 Å². The average molecular weight is 452 g/mol. The SMILES string of the molecule is CC(C)(C)OC(=O)N1CCOC(CCC(=O)c2c(F)cc(Br)c(F)c2F)C1. The average Bonchev–Trinajstić information content (AvgIpc) is 2.57. The molecule has 1 saturated heterocycles. The number of nitrogens with zero attached hydrogens (tertiary/aromatic N) is 1. The van der Waals surface area contributed by atoms with E-state index in [1.807, 2.05) is 0 Å². The third-order valence-electron chi connectivity index (χ3n) is 3.88. The quantitative estimate of drug-likeness (QED) is 0.385. The van der Waals surface area contributed by atoms with Gasteiger partial charge in [-0.3, -0.25) is 4.79 Å². The number of hydrogen-bond acceptors (Lipinski definition) is 4. The van der Waals surface area contributed by atoms with Crippen LogP contribution in [0.5, 0.6) is 0 Å². The van der Waals surface area contributed by atoms with Gasteiger partial charge in [-0.2, -0.15) is 0 Å². The molecule has 27 heavy (non-hydrogen) atoms. The van der Waals surface area contributed by atoms with Gasteiger partial charge in [-0.15, -0.1) is 0 Å². The highest BCUT2D eigenvalue weighted by molar-refractivity contribution is 9.10. The van der Waals surface area contributed by atoms with E-state index in [-0.39, 0.29) is 26.0 Å². The Morgan fingerprint density at radius 3 is 2.59 bits per heavy atom. The summed E-state index contributed by atoms with van der Waals surface area (Å²) in [6.45, 7) is 6.06. The Morgan fingerprint density at radius 2 is 1.96 bits per heavy atom. The lowest BCUT2D eigenvalue weighted by atomic mass is 10.0. The molecule has 9 heteroatoms. The molecule has 1 aromatic carbocycles. The van der Waals surface area contributed by atoms with Crippen molar-refractivity contribution < 1.29 is 32.2 Å². The first-order valence-electron chi connectivity index (χ1n) is 8.45. The number of rotatable bonds is 4. The van der Waals surface area contributed by atoms with Crippen LogP contribution in [0.4, 0.5) is 18.0 Å². The molecule has 0 aliphatic carbocycles. The lowest BCUT2D eigenvalue weighted by Gasteiger charge is -2.34. The number of benzene rings is 1.